The summed E-state index contributed by atoms with van der Waals surface area (Å²) in [6.45, 7) is 1.68. The maximum Gasteiger partial charge on any atom is 0.339 e. The van der Waals surface area contributed by atoms with Gasteiger partial charge in [0.2, 0.25) is 0 Å². The van der Waals surface area contributed by atoms with E-state index in [1.165, 1.54) is 20.2 Å². The second-order valence-electron chi connectivity index (χ2n) is 5.51. The zero-order valence-corrected chi connectivity index (χ0v) is 14.6. The molecule has 0 spiro atoms. The molecule has 1 aromatic heterocycles. The van der Waals surface area contributed by atoms with E-state index in [0.717, 1.165) is 10.5 Å². The third-order valence-corrected chi connectivity index (χ3v) is 5.37. The average Bonchev–Trinajstić information content (AvgIpc) is 2.94. The number of rotatable bonds is 6. The first kappa shape index (κ1) is 19.0. The van der Waals surface area contributed by atoms with Crippen molar-refractivity contribution in [1.29, 1.82) is 0 Å². The van der Waals surface area contributed by atoms with Crippen LogP contribution in [0.5, 0.6) is 0 Å². The Hall–Kier alpha value is -2.33. The monoisotopic (exact) mass is 373 g/mol. The van der Waals surface area contributed by atoms with Crippen LogP contribution in [0, 0.1) is 11.6 Å². The van der Waals surface area contributed by atoms with Crippen molar-refractivity contribution in [2.75, 3.05) is 14.1 Å². The second-order valence-corrected chi connectivity index (χ2v) is 7.48. The van der Waals surface area contributed by atoms with E-state index in [1.54, 1.807) is 6.92 Å². The molecule has 0 unspecified atom stereocenters. The molecule has 1 heterocycles. The summed E-state index contributed by atoms with van der Waals surface area (Å²) < 4.78 is 53.8. The van der Waals surface area contributed by atoms with E-state index in [2.05, 4.69) is 5.10 Å². The van der Waals surface area contributed by atoms with Crippen LogP contribution in [-0.4, -0.2) is 47.1 Å². The molecule has 10 heteroatoms. The molecule has 136 valence electrons. The Bertz CT molecular complexity index is 923. The average molecular weight is 373 g/mol. The van der Waals surface area contributed by atoms with Crippen LogP contribution < -0.4 is 0 Å². The molecule has 0 aliphatic carbocycles. The first-order chi connectivity index (χ1) is 11.6. The molecule has 0 saturated carbocycles. The topological polar surface area (TPSA) is 92.5 Å². The number of hydrogen-bond donors (Lipinski definition) is 1. The Morgan fingerprint density at radius 1 is 1.24 bits per heavy atom. The maximum absolute atomic E-state index is 14.1. The van der Waals surface area contributed by atoms with Crippen molar-refractivity contribution in [3.05, 3.63) is 52.3 Å². The highest BCUT2D eigenvalue weighted by Crippen LogP contribution is 2.22. The van der Waals surface area contributed by atoms with Gasteiger partial charge in [-0.25, -0.2) is 13.6 Å². The van der Waals surface area contributed by atoms with Crippen molar-refractivity contribution in [2.24, 2.45) is 0 Å². The molecule has 0 fully saturated rings. The van der Waals surface area contributed by atoms with Crippen molar-refractivity contribution in [1.82, 2.24) is 13.5 Å². The highest BCUT2D eigenvalue weighted by atomic mass is 32.2. The summed E-state index contributed by atoms with van der Waals surface area (Å²) in [4.78, 5) is 11.4. The third kappa shape index (κ3) is 3.54. The van der Waals surface area contributed by atoms with Crippen LogP contribution in [0.3, 0.4) is 0 Å². The van der Waals surface area contributed by atoms with Crippen LogP contribution >= 0.6 is 0 Å². The van der Waals surface area contributed by atoms with Gasteiger partial charge in [-0.15, -0.1) is 4.09 Å². The van der Waals surface area contributed by atoms with Gasteiger partial charge in [0, 0.05) is 26.6 Å². The normalized spacial score (nSPS) is 11.9. The molecular formula is C15H17F2N3O4S. The lowest BCUT2D eigenvalue weighted by Crippen LogP contribution is -2.31. The highest BCUT2D eigenvalue weighted by Gasteiger charge is 2.27. The minimum absolute atomic E-state index is 0.0172. The van der Waals surface area contributed by atoms with Gasteiger partial charge in [0.25, 0.3) is 0 Å². The van der Waals surface area contributed by atoms with Gasteiger partial charge in [0.1, 0.15) is 17.2 Å². The maximum atomic E-state index is 14.1. The SMILES string of the molecule is CCc1cc(Cc2c(C(=O)O)cnn2S(=O)(=O)N(C)C)c(F)cc1F. The summed E-state index contributed by atoms with van der Waals surface area (Å²) in [5, 5.41) is 12.9. The van der Waals surface area contributed by atoms with Gasteiger partial charge >= 0.3 is 16.2 Å². The fourth-order valence-corrected chi connectivity index (χ4v) is 3.20. The Morgan fingerprint density at radius 3 is 2.36 bits per heavy atom. The van der Waals surface area contributed by atoms with E-state index in [4.69, 9.17) is 0 Å². The number of carboxylic acid groups (broad SMARTS) is 1. The third-order valence-electron chi connectivity index (χ3n) is 3.70. The Labute approximate surface area is 143 Å². The molecular weight excluding hydrogens is 356 g/mol. The number of carbonyl (C=O) groups is 1. The van der Waals surface area contributed by atoms with E-state index in [9.17, 15) is 27.1 Å². The lowest BCUT2D eigenvalue weighted by molar-refractivity contribution is 0.0696. The molecule has 0 saturated heterocycles. The van der Waals surface area contributed by atoms with E-state index in [0.29, 0.717) is 16.6 Å². The largest absolute Gasteiger partial charge is 0.478 e. The number of aryl methyl sites for hydroxylation is 1. The van der Waals surface area contributed by atoms with E-state index >= 15 is 0 Å². The Kier molecular flexibility index (Phi) is 5.23. The molecule has 0 aliphatic rings. The van der Waals surface area contributed by atoms with E-state index in [1.807, 2.05) is 0 Å². The standard InChI is InChI=1S/C15H17F2N3O4S/c1-4-9-5-10(13(17)7-12(9)16)6-14-11(15(21)22)8-18-20(14)25(23,24)19(2)3/h5,7-8H,4,6H2,1-3H3,(H,21,22). The molecule has 0 bridgehead atoms. The van der Waals surface area contributed by atoms with Gasteiger partial charge in [-0.05, 0) is 23.6 Å². The van der Waals surface area contributed by atoms with Crippen molar-refractivity contribution in [3.8, 4) is 0 Å². The Balaban J connectivity index is 2.63. The summed E-state index contributed by atoms with van der Waals surface area (Å²) in [5.41, 5.74) is -0.354. The van der Waals surface area contributed by atoms with Crippen molar-refractivity contribution >= 4 is 16.2 Å². The van der Waals surface area contributed by atoms with Crippen LogP contribution in [0.2, 0.25) is 0 Å². The zero-order valence-electron chi connectivity index (χ0n) is 13.8. The molecule has 0 amide bonds. The van der Waals surface area contributed by atoms with Gasteiger partial charge in [0.05, 0.1) is 11.9 Å². The highest BCUT2D eigenvalue weighted by molar-refractivity contribution is 7.87. The minimum Gasteiger partial charge on any atom is -0.478 e. The molecule has 2 aromatic rings. The lowest BCUT2D eigenvalue weighted by atomic mass is 10.0. The van der Waals surface area contributed by atoms with Gasteiger partial charge in [-0.1, -0.05) is 6.92 Å². The molecule has 0 aliphatic heterocycles. The smallest absolute Gasteiger partial charge is 0.339 e. The number of benzene rings is 1. The minimum atomic E-state index is -4.10. The molecule has 1 N–H and O–H groups in total. The lowest BCUT2D eigenvalue weighted by Gasteiger charge is -2.15. The molecule has 2 rings (SSSR count). The summed E-state index contributed by atoms with van der Waals surface area (Å²) in [7, 11) is -1.58. The number of aromatic carboxylic acids is 1. The zero-order chi connectivity index (χ0) is 18.9. The van der Waals surface area contributed by atoms with Crippen molar-refractivity contribution in [2.45, 2.75) is 19.8 Å². The Morgan fingerprint density at radius 2 is 1.84 bits per heavy atom. The van der Waals surface area contributed by atoms with Crippen molar-refractivity contribution < 1.29 is 27.1 Å². The first-order valence-corrected chi connectivity index (χ1v) is 8.69. The summed E-state index contributed by atoms with van der Waals surface area (Å²) in [6, 6.07) is 1.96. The second kappa shape index (κ2) is 6.89. The van der Waals surface area contributed by atoms with Crippen LogP contribution in [0.15, 0.2) is 18.3 Å². The van der Waals surface area contributed by atoms with Crippen LogP contribution in [-0.2, 0) is 23.1 Å². The predicted octanol–water partition coefficient (Wildman–Crippen LogP) is 1.67. The molecule has 0 radical (unpaired) electrons. The number of halogens is 2. The van der Waals surface area contributed by atoms with Crippen LogP contribution in [0.25, 0.3) is 0 Å². The van der Waals surface area contributed by atoms with Crippen molar-refractivity contribution in [3.63, 3.8) is 0 Å². The molecule has 0 atom stereocenters. The van der Waals surface area contributed by atoms with Crippen LogP contribution in [0.4, 0.5) is 8.78 Å². The van der Waals surface area contributed by atoms with Gasteiger partial charge in [-0.2, -0.15) is 17.8 Å². The number of carboxylic acids is 1. The van der Waals surface area contributed by atoms with Gasteiger partial charge in [0.15, 0.2) is 0 Å². The molecule has 7 nitrogen and oxygen atoms in total. The first-order valence-electron chi connectivity index (χ1n) is 7.29. The summed E-state index contributed by atoms with van der Waals surface area (Å²) >= 11 is 0. The fourth-order valence-electron chi connectivity index (χ4n) is 2.28. The van der Waals surface area contributed by atoms with Gasteiger partial charge < -0.3 is 5.11 Å². The van der Waals surface area contributed by atoms with Gasteiger partial charge in [-0.3, -0.25) is 0 Å². The number of hydrogen-bond acceptors (Lipinski definition) is 4. The van der Waals surface area contributed by atoms with Crippen LogP contribution in [0.1, 0.15) is 34.1 Å². The van der Waals surface area contributed by atoms with E-state index < -0.39 is 27.8 Å². The fraction of sp³-hybridized carbons (Fsp3) is 0.333. The predicted molar refractivity (Wildman–Crippen MR) is 85.7 cm³/mol. The quantitative estimate of drug-likeness (QED) is 0.831. The molecule has 1 aromatic carbocycles. The number of nitrogens with zero attached hydrogens (tertiary/aromatic N) is 3. The molecule has 25 heavy (non-hydrogen) atoms. The summed E-state index contributed by atoms with van der Waals surface area (Å²) in [6.07, 6.45) is 0.828. The van der Waals surface area contributed by atoms with E-state index in [-0.39, 0.29) is 28.8 Å². The summed E-state index contributed by atoms with van der Waals surface area (Å²) in [5.74, 6) is -2.99. The number of aromatic nitrogens is 2.